The lowest BCUT2D eigenvalue weighted by atomic mass is 10.1. The molecule has 0 saturated heterocycles. The Morgan fingerprint density at radius 3 is 2.42 bits per heavy atom. The van der Waals surface area contributed by atoms with Gasteiger partial charge in [-0.15, -0.1) is 5.10 Å². The SMILES string of the molecule is CCOc1cc([C@H]2SC(NC(C)=O)=NN2C(C)=O)ccc1OC(=O)c1ccc(C)cc1. The van der Waals surface area contributed by atoms with Crippen molar-refractivity contribution in [2.24, 2.45) is 5.10 Å². The Hall–Kier alpha value is -3.33. The van der Waals surface area contributed by atoms with Crippen molar-refractivity contribution in [1.29, 1.82) is 0 Å². The van der Waals surface area contributed by atoms with Crippen molar-refractivity contribution < 1.29 is 23.9 Å². The van der Waals surface area contributed by atoms with Gasteiger partial charge in [-0.3, -0.25) is 9.59 Å². The molecular formula is C22H23N3O5S. The van der Waals surface area contributed by atoms with E-state index in [1.807, 2.05) is 26.0 Å². The molecule has 0 unspecified atom stereocenters. The van der Waals surface area contributed by atoms with E-state index in [9.17, 15) is 14.4 Å². The number of benzene rings is 2. The van der Waals surface area contributed by atoms with Gasteiger partial charge in [-0.2, -0.15) is 0 Å². The van der Waals surface area contributed by atoms with Gasteiger partial charge in [0, 0.05) is 13.8 Å². The van der Waals surface area contributed by atoms with Gasteiger partial charge in [0.05, 0.1) is 12.2 Å². The van der Waals surface area contributed by atoms with Crippen LogP contribution in [0, 0.1) is 6.92 Å². The highest BCUT2D eigenvalue weighted by Gasteiger charge is 2.33. The molecule has 1 aliphatic heterocycles. The summed E-state index contributed by atoms with van der Waals surface area (Å²) >= 11 is 1.23. The van der Waals surface area contributed by atoms with Crippen LogP contribution in [0.2, 0.25) is 0 Å². The van der Waals surface area contributed by atoms with E-state index in [2.05, 4.69) is 10.4 Å². The van der Waals surface area contributed by atoms with Crippen molar-refractivity contribution in [3.8, 4) is 11.5 Å². The first-order chi connectivity index (χ1) is 14.8. The van der Waals surface area contributed by atoms with Crippen LogP contribution in [0.15, 0.2) is 47.6 Å². The summed E-state index contributed by atoms with van der Waals surface area (Å²) in [4.78, 5) is 35.9. The largest absolute Gasteiger partial charge is 0.490 e. The fourth-order valence-electron chi connectivity index (χ4n) is 2.86. The molecule has 0 saturated carbocycles. The molecule has 0 bridgehead atoms. The molecule has 0 fully saturated rings. The van der Waals surface area contributed by atoms with E-state index in [1.54, 1.807) is 30.3 Å². The second-order valence-corrected chi connectivity index (χ2v) is 7.88. The van der Waals surface area contributed by atoms with Crippen molar-refractivity contribution >= 4 is 34.7 Å². The minimum Gasteiger partial charge on any atom is -0.490 e. The highest BCUT2D eigenvalue weighted by molar-refractivity contribution is 8.14. The third-order valence-corrected chi connectivity index (χ3v) is 5.39. The van der Waals surface area contributed by atoms with Gasteiger partial charge in [-0.25, -0.2) is 9.80 Å². The molecule has 1 atom stereocenters. The number of rotatable bonds is 5. The molecule has 0 aromatic heterocycles. The zero-order valence-electron chi connectivity index (χ0n) is 17.7. The van der Waals surface area contributed by atoms with Gasteiger partial charge in [0.25, 0.3) is 0 Å². The number of amides is 2. The number of carbonyl (C=O) groups is 3. The Kier molecular flexibility index (Phi) is 6.96. The first kappa shape index (κ1) is 22.4. The topological polar surface area (TPSA) is 97.3 Å². The van der Waals surface area contributed by atoms with Crippen LogP contribution in [0.1, 0.15) is 47.6 Å². The summed E-state index contributed by atoms with van der Waals surface area (Å²) in [5.41, 5.74) is 2.18. The Morgan fingerprint density at radius 2 is 1.81 bits per heavy atom. The lowest BCUT2D eigenvalue weighted by Gasteiger charge is -2.20. The third kappa shape index (κ3) is 5.43. The molecule has 1 aliphatic rings. The predicted octanol–water partition coefficient (Wildman–Crippen LogP) is 3.61. The summed E-state index contributed by atoms with van der Waals surface area (Å²) in [6, 6.07) is 12.1. The Labute approximate surface area is 184 Å². The van der Waals surface area contributed by atoms with Gasteiger partial charge >= 0.3 is 5.97 Å². The maximum absolute atomic E-state index is 12.5. The van der Waals surface area contributed by atoms with Gasteiger partial charge in [0.2, 0.25) is 11.8 Å². The number of amidine groups is 1. The van der Waals surface area contributed by atoms with Crippen LogP contribution in [-0.4, -0.2) is 34.6 Å². The van der Waals surface area contributed by atoms with Gasteiger partial charge in [-0.05, 0) is 43.7 Å². The summed E-state index contributed by atoms with van der Waals surface area (Å²) in [7, 11) is 0. The number of hydrazone groups is 1. The fourth-order valence-corrected chi connectivity index (χ4v) is 3.99. The number of thioether (sulfide) groups is 1. The zero-order valence-corrected chi connectivity index (χ0v) is 18.5. The molecule has 0 spiro atoms. The Morgan fingerprint density at radius 1 is 1.10 bits per heavy atom. The van der Waals surface area contributed by atoms with Crippen molar-refractivity contribution in [3.05, 3.63) is 59.2 Å². The number of ether oxygens (including phenoxy) is 2. The molecule has 0 aliphatic carbocycles. The van der Waals surface area contributed by atoms with E-state index in [4.69, 9.17) is 9.47 Å². The van der Waals surface area contributed by atoms with E-state index in [-0.39, 0.29) is 17.6 Å². The predicted molar refractivity (Wildman–Crippen MR) is 118 cm³/mol. The highest BCUT2D eigenvalue weighted by Crippen LogP contribution is 2.41. The standard InChI is InChI=1S/C22H23N3O5S/c1-5-29-19-12-17(20-25(15(4)27)24-22(31-20)23-14(3)26)10-11-18(19)30-21(28)16-8-6-13(2)7-9-16/h6-12,20H,5H2,1-4H3,(H,23,24,26)/t20-/m1/s1. The summed E-state index contributed by atoms with van der Waals surface area (Å²) in [5.74, 6) is -0.394. The van der Waals surface area contributed by atoms with Crippen LogP contribution < -0.4 is 14.8 Å². The van der Waals surface area contributed by atoms with Crippen LogP contribution in [0.5, 0.6) is 11.5 Å². The second kappa shape index (κ2) is 9.65. The normalized spacial score (nSPS) is 15.3. The Balaban J connectivity index is 1.86. The number of nitrogens with zero attached hydrogens (tertiary/aromatic N) is 2. The number of nitrogens with one attached hydrogen (secondary N) is 1. The number of aryl methyl sites for hydroxylation is 1. The first-order valence-electron chi connectivity index (χ1n) is 9.66. The monoisotopic (exact) mass is 441 g/mol. The molecule has 0 radical (unpaired) electrons. The smallest absolute Gasteiger partial charge is 0.343 e. The summed E-state index contributed by atoms with van der Waals surface area (Å²) in [5, 5.41) is 7.93. The van der Waals surface area contributed by atoms with Gasteiger partial charge in [0.15, 0.2) is 16.7 Å². The average molecular weight is 442 g/mol. The molecule has 2 aromatic rings. The Bertz CT molecular complexity index is 1040. The molecule has 8 nitrogen and oxygen atoms in total. The molecule has 162 valence electrons. The number of carbonyl (C=O) groups excluding carboxylic acids is 3. The van der Waals surface area contributed by atoms with Crippen molar-refractivity contribution in [3.63, 3.8) is 0 Å². The number of hydrogen-bond donors (Lipinski definition) is 1. The molecule has 2 amide bonds. The van der Waals surface area contributed by atoms with Crippen LogP contribution in [0.3, 0.4) is 0 Å². The first-order valence-corrected chi connectivity index (χ1v) is 10.5. The van der Waals surface area contributed by atoms with Gasteiger partial charge in [-0.1, -0.05) is 35.5 Å². The van der Waals surface area contributed by atoms with Gasteiger partial charge in [0.1, 0.15) is 5.37 Å². The molecule has 3 rings (SSSR count). The van der Waals surface area contributed by atoms with Crippen LogP contribution >= 0.6 is 11.8 Å². The second-order valence-electron chi connectivity index (χ2n) is 6.81. The van der Waals surface area contributed by atoms with E-state index < -0.39 is 11.3 Å². The number of hydrogen-bond acceptors (Lipinski definition) is 7. The van der Waals surface area contributed by atoms with E-state index in [0.29, 0.717) is 28.7 Å². The van der Waals surface area contributed by atoms with Crippen LogP contribution in [-0.2, 0) is 9.59 Å². The minimum atomic E-state index is -0.495. The van der Waals surface area contributed by atoms with Crippen LogP contribution in [0.25, 0.3) is 0 Å². The summed E-state index contributed by atoms with van der Waals surface area (Å²) in [6.07, 6.45) is 0. The summed E-state index contributed by atoms with van der Waals surface area (Å²) in [6.45, 7) is 6.89. The number of esters is 1. The average Bonchev–Trinajstić information content (AvgIpc) is 3.13. The lowest BCUT2D eigenvalue weighted by Crippen LogP contribution is -2.25. The maximum atomic E-state index is 12.5. The van der Waals surface area contributed by atoms with E-state index >= 15 is 0 Å². The van der Waals surface area contributed by atoms with Crippen molar-refractivity contribution in [2.75, 3.05) is 6.61 Å². The fraction of sp³-hybridized carbons (Fsp3) is 0.273. The summed E-state index contributed by atoms with van der Waals surface area (Å²) < 4.78 is 11.2. The van der Waals surface area contributed by atoms with E-state index in [0.717, 1.165) is 5.56 Å². The minimum absolute atomic E-state index is 0.273. The van der Waals surface area contributed by atoms with Gasteiger partial charge < -0.3 is 14.8 Å². The molecule has 31 heavy (non-hydrogen) atoms. The molecule has 2 aromatic carbocycles. The van der Waals surface area contributed by atoms with Crippen LogP contribution in [0.4, 0.5) is 0 Å². The van der Waals surface area contributed by atoms with Crippen molar-refractivity contribution in [2.45, 2.75) is 33.1 Å². The molecular weight excluding hydrogens is 418 g/mol. The third-order valence-electron chi connectivity index (χ3n) is 4.29. The van der Waals surface area contributed by atoms with Crippen molar-refractivity contribution in [1.82, 2.24) is 10.3 Å². The maximum Gasteiger partial charge on any atom is 0.343 e. The lowest BCUT2D eigenvalue weighted by molar-refractivity contribution is -0.129. The highest BCUT2D eigenvalue weighted by atomic mass is 32.2. The molecule has 9 heteroatoms. The molecule has 1 heterocycles. The zero-order chi connectivity index (χ0) is 22.5. The van der Waals surface area contributed by atoms with E-state index in [1.165, 1.54) is 30.6 Å². The quantitative estimate of drug-likeness (QED) is 0.562. The molecule has 1 N–H and O–H groups in total.